The number of hydrogen-bond acceptors (Lipinski definition) is 5. The van der Waals surface area contributed by atoms with E-state index < -0.39 is 10.0 Å². The summed E-state index contributed by atoms with van der Waals surface area (Å²) in [6.45, 7) is 3.15. The van der Waals surface area contributed by atoms with Gasteiger partial charge in [-0.1, -0.05) is 0 Å². The van der Waals surface area contributed by atoms with Gasteiger partial charge in [-0.2, -0.15) is 0 Å². The van der Waals surface area contributed by atoms with E-state index in [-0.39, 0.29) is 36.4 Å². The maximum absolute atomic E-state index is 12.2. The van der Waals surface area contributed by atoms with Gasteiger partial charge in [0.25, 0.3) is 5.91 Å². The van der Waals surface area contributed by atoms with Gasteiger partial charge in [-0.25, -0.2) is 13.1 Å². The van der Waals surface area contributed by atoms with Gasteiger partial charge in [0.2, 0.25) is 10.0 Å². The SMILES string of the molecule is CN=C(NCCNS(C)(=O)=O)N1CCN(C(=O)c2ccco2)CC1.I. The molecule has 0 spiro atoms. The van der Waals surface area contributed by atoms with E-state index in [2.05, 4.69) is 15.0 Å². The summed E-state index contributed by atoms with van der Waals surface area (Å²) in [6, 6.07) is 3.35. The topological polar surface area (TPSA) is 107 Å². The Morgan fingerprint density at radius 2 is 1.88 bits per heavy atom. The van der Waals surface area contributed by atoms with Crippen LogP contribution in [0.25, 0.3) is 0 Å². The number of amides is 1. The number of carbonyl (C=O) groups excluding carboxylic acids is 1. The van der Waals surface area contributed by atoms with Gasteiger partial charge in [-0.15, -0.1) is 24.0 Å². The summed E-state index contributed by atoms with van der Waals surface area (Å²) in [7, 11) is -1.52. The molecule has 0 aliphatic carbocycles. The highest BCUT2D eigenvalue weighted by molar-refractivity contribution is 14.0. The summed E-state index contributed by atoms with van der Waals surface area (Å²) in [4.78, 5) is 20.2. The zero-order chi connectivity index (χ0) is 17.6. The van der Waals surface area contributed by atoms with Gasteiger partial charge in [-0.3, -0.25) is 9.79 Å². The first-order valence-electron chi connectivity index (χ1n) is 7.64. The van der Waals surface area contributed by atoms with Gasteiger partial charge < -0.3 is 19.5 Å². The average Bonchev–Trinajstić information content (AvgIpc) is 3.08. The first-order chi connectivity index (χ1) is 11.4. The standard InChI is InChI=1S/C14H23N5O4S.HI/c1-15-14(16-5-6-17-24(2,21)22)19-9-7-18(8-10-19)13(20)12-4-3-11-23-12;/h3-4,11,17H,5-10H2,1-2H3,(H,15,16);1H. The van der Waals surface area contributed by atoms with Crippen LogP contribution in [0, 0.1) is 0 Å². The summed E-state index contributed by atoms with van der Waals surface area (Å²) >= 11 is 0. The molecule has 0 atom stereocenters. The van der Waals surface area contributed by atoms with Crippen molar-refractivity contribution in [2.45, 2.75) is 0 Å². The molecule has 0 unspecified atom stereocenters. The van der Waals surface area contributed by atoms with Crippen LogP contribution >= 0.6 is 24.0 Å². The molecule has 1 aromatic heterocycles. The number of nitrogens with zero attached hydrogens (tertiary/aromatic N) is 3. The minimum atomic E-state index is -3.19. The Morgan fingerprint density at radius 3 is 2.40 bits per heavy atom. The van der Waals surface area contributed by atoms with Crippen molar-refractivity contribution in [3.63, 3.8) is 0 Å². The Morgan fingerprint density at radius 1 is 1.24 bits per heavy atom. The number of halogens is 1. The fourth-order valence-corrected chi connectivity index (χ4v) is 2.89. The minimum absolute atomic E-state index is 0. The third-order valence-corrected chi connectivity index (χ3v) is 4.31. The van der Waals surface area contributed by atoms with Crippen LogP contribution < -0.4 is 10.0 Å². The molecule has 2 N–H and O–H groups in total. The summed E-state index contributed by atoms with van der Waals surface area (Å²) < 4.78 is 29.6. The molecule has 1 aromatic rings. The van der Waals surface area contributed by atoms with Crippen LogP contribution in [0.5, 0.6) is 0 Å². The molecule has 1 amide bonds. The lowest BCUT2D eigenvalue weighted by atomic mass is 10.3. The van der Waals surface area contributed by atoms with Crippen molar-refractivity contribution < 1.29 is 17.6 Å². The zero-order valence-electron chi connectivity index (χ0n) is 14.3. The zero-order valence-corrected chi connectivity index (χ0v) is 17.4. The molecule has 1 saturated heterocycles. The number of sulfonamides is 1. The predicted molar refractivity (Wildman–Crippen MR) is 106 cm³/mol. The first kappa shape index (κ1) is 21.7. The van der Waals surface area contributed by atoms with E-state index in [1.807, 2.05) is 4.90 Å². The number of aliphatic imine (C=N–C) groups is 1. The van der Waals surface area contributed by atoms with Crippen LogP contribution in [-0.2, 0) is 10.0 Å². The van der Waals surface area contributed by atoms with E-state index in [1.54, 1.807) is 24.1 Å². The molecule has 142 valence electrons. The number of piperazine rings is 1. The Balaban J connectivity index is 0.00000312. The molecule has 9 nitrogen and oxygen atoms in total. The maximum Gasteiger partial charge on any atom is 0.289 e. The van der Waals surface area contributed by atoms with E-state index in [0.717, 1.165) is 6.26 Å². The molecule has 2 heterocycles. The molecule has 0 radical (unpaired) electrons. The molecule has 0 saturated carbocycles. The summed E-state index contributed by atoms with van der Waals surface area (Å²) in [5.74, 6) is 0.924. The van der Waals surface area contributed by atoms with Gasteiger partial charge in [-0.05, 0) is 12.1 Å². The Bertz CT molecular complexity index is 669. The molecule has 2 rings (SSSR count). The number of furan rings is 1. The lowest BCUT2D eigenvalue weighted by Crippen LogP contribution is -2.54. The third-order valence-electron chi connectivity index (χ3n) is 3.58. The highest BCUT2D eigenvalue weighted by Crippen LogP contribution is 2.09. The molecular weight excluding hydrogens is 461 g/mol. The van der Waals surface area contributed by atoms with Gasteiger partial charge in [0.15, 0.2) is 11.7 Å². The van der Waals surface area contributed by atoms with E-state index in [4.69, 9.17) is 4.42 Å². The van der Waals surface area contributed by atoms with E-state index in [0.29, 0.717) is 44.4 Å². The van der Waals surface area contributed by atoms with Crippen LogP contribution in [-0.4, -0.2) is 82.7 Å². The molecule has 0 aromatic carbocycles. The minimum Gasteiger partial charge on any atom is -0.459 e. The van der Waals surface area contributed by atoms with Gasteiger partial charge in [0.1, 0.15) is 0 Å². The lowest BCUT2D eigenvalue weighted by Gasteiger charge is -2.36. The Kier molecular flexibility index (Phi) is 8.65. The molecule has 1 fully saturated rings. The fourth-order valence-electron chi connectivity index (χ4n) is 2.42. The molecule has 0 bridgehead atoms. The van der Waals surface area contributed by atoms with Gasteiger partial charge >= 0.3 is 0 Å². The predicted octanol–water partition coefficient (Wildman–Crippen LogP) is -0.220. The van der Waals surface area contributed by atoms with E-state index in [9.17, 15) is 13.2 Å². The first-order valence-corrected chi connectivity index (χ1v) is 9.53. The fraction of sp³-hybridized carbons (Fsp3) is 0.571. The number of rotatable bonds is 5. The largest absolute Gasteiger partial charge is 0.459 e. The van der Waals surface area contributed by atoms with Crippen LogP contribution in [0.15, 0.2) is 27.8 Å². The van der Waals surface area contributed by atoms with Crippen molar-refractivity contribution in [1.82, 2.24) is 19.8 Å². The Labute approximate surface area is 164 Å². The summed E-state index contributed by atoms with van der Waals surface area (Å²) in [6.07, 6.45) is 2.61. The van der Waals surface area contributed by atoms with Crippen LogP contribution in [0.3, 0.4) is 0 Å². The molecule has 25 heavy (non-hydrogen) atoms. The highest BCUT2D eigenvalue weighted by atomic mass is 127. The van der Waals surface area contributed by atoms with E-state index in [1.165, 1.54) is 6.26 Å². The summed E-state index contributed by atoms with van der Waals surface area (Å²) in [5.41, 5.74) is 0. The molecule has 11 heteroatoms. The van der Waals surface area contributed by atoms with Crippen LogP contribution in [0.2, 0.25) is 0 Å². The maximum atomic E-state index is 12.2. The highest BCUT2D eigenvalue weighted by Gasteiger charge is 2.24. The van der Waals surface area contributed by atoms with Gasteiger partial charge in [0, 0.05) is 46.3 Å². The second kappa shape index (κ2) is 9.97. The van der Waals surface area contributed by atoms with Crippen molar-refractivity contribution in [2.24, 2.45) is 4.99 Å². The summed E-state index contributed by atoms with van der Waals surface area (Å²) in [5, 5.41) is 3.11. The second-order valence-electron chi connectivity index (χ2n) is 5.40. The normalized spacial score (nSPS) is 15.7. The average molecular weight is 485 g/mol. The lowest BCUT2D eigenvalue weighted by molar-refractivity contribution is 0.0658. The third kappa shape index (κ3) is 6.82. The van der Waals surface area contributed by atoms with Crippen molar-refractivity contribution >= 4 is 45.9 Å². The monoisotopic (exact) mass is 485 g/mol. The smallest absolute Gasteiger partial charge is 0.289 e. The van der Waals surface area contributed by atoms with Crippen LogP contribution in [0.4, 0.5) is 0 Å². The van der Waals surface area contributed by atoms with Crippen molar-refractivity contribution in [1.29, 1.82) is 0 Å². The number of nitrogens with one attached hydrogen (secondary N) is 2. The van der Waals surface area contributed by atoms with E-state index >= 15 is 0 Å². The number of hydrogen-bond donors (Lipinski definition) is 2. The molecule has 1 aliphatic heterocycles. The Hall–Kier alpha value is -1.34. The van der Waals surface area contributed by atoms with Crippen molar-refractivity contribution in [3.8, 4) is 0 Å². The second-order valence-corrected chi connectivity index (χ2v) is 7.23. The van der Waals surface area contributed by atoms with Gasteiger partial charge in [0.05, 0.1) is 12.5 Å². The quantitative estimate of drug-likeness (QED) is 0.259. The van der Waals surface area contributed by atoms with Crippen LogP contribution in [0.1, 0.15) is 10.6 Å². The number of guanidine groups is 1. The molecule has 1 aliphatic rings. The van der Waals surface area contributed by atoms with Crippen molar-refractivity contribution in [2.75, 3.05) is 52.6 Å². The van der Waals surface area contributed by atoms with Crippen molar-refractivity contribution in [3.05, 3.63) is 24.2 Å². The number of carbonyl (C=O) groups is 1. The molecular formula is C14H24IN5O4S.